The van der Waals surface area contributed by atoms with Gasteiger partial charge in [0.1, 0.15) is 0 Å². The SMILES string of the molecule is CCCNC(CC)C(N)=O.I. The highest BCUT2D eigenvalue weighted by atomic mass is 127. The minimum Gasteiger partial charge on any atom is -0.368 e. The normalized spacial score (nSPS) is 11.8. The van der Waals surface area contributed by atoms with E-state index in [0.29, 0.717) is 0 Å². The summed E-state index contributed by atoms with van der Waals surface area (Å²) in [5.41, 5.74) is 5.09. The van der Waals surface area contributed by atoms with Gasteiger partial charge in [0.15, 0.2) is 0 Å². The number of primary amides is 1. The van der Waals surface area contributed by atoms with Crippen molar-refractivity contribution in [3.8, 4) is 0 Å². The molecule has 0 aliphatic carbocycles. The Morgan fingerprint density at radius 2 is 2.09 bits per heavy atom. The Morgan fingerprint density at radius 3 is 2.36 bits per heavy atom. The molecular formula is C7H17IN2O. The molecule has 1 amide bonds. The van der Waals surface area contributed by atoms with Gasteiger partial charge in [-0.1, -0.05) is 13.8 Å². The number of rotatable bonds is 5. The molecule has 0 rings (SSSR count). The Hall–Kier alpha value is 0.160. The van der Waals surface area contributed by atoms with Crippen molar-refractivity contribution in [2.45, 2.75) is 32.7 Å². The molecule has 0 aliphatic rings. The zero-order valence-electron chi connectivity index (χ0n) is 7.09. The van der Waals surface area contributed by atoms with Crippen LogP contribution in [0.5, 0.6) is 0 Å². The summed E-state index contributed by atoms with van der Waals surface area (Å²) in [6.45, 7) is 4.86. The Balaban J connectivity index is 0. The van der Waals surface area contributed by atoms with Crippen LogP contribution in [-0.2, 0) is 4.79 Å². The maximum atomic E-state index is 10.6. The maximum Gasteiger partial charge on any atom is 0.234 e. The summed E-state index contributed by atoms with van der Waals surface area (Å²) in [4.78, 5) is 10.6. The van der Waals surface area contributed by atoms with Crippen LogP contribution in [0, 0.1) is 0 Å². The molecule has 4 heteroatoms. The van der Waals surface area contributed by atoms with Gasteiger partial charge in [0.25, 0.3) is 0 Å². The molecule has 3 nitrogen and oxygen atoms in total. The number of nitrogens with two attached hydrogens (primary N) is 1. The van der Waals surface area contributed by atoms with E-state index < -0.39 is 0 Å². The third-order valence-corrected chi connectivity index (χ3v) is 1.39. The molecule has 0 aromatic heterocycles. The lowest BCUT2D eigenvalue weighted by Crippen LogP contribution is -2.40. The molecule has 0 saturated carbocycles. The van der Waals surface area contributed by atoms with E-state index in [1.54, 1.807) is 0 Å². The topological polar surface area (TPSA) is 55.1 Å². The molecule has 3 N–H and O–H groups in total. The van der Waals surface area contributed by atoms with Gasteiger partial charge in [-0.25, -0.2) is 0 Å². The molecule has 0 radical (unpaired) electrons. The first-order valence-electron chi connectivity index (χ1n) is 3.75. The summed E-state index contributed by atoms with van der Waals surface area (Å²) in [5, 5.41) is 3.04. The second-order valence-corrected chi connectivity index (χ2v) is 2.32. The predicted octanol–water partition coefficient (Wildman–Crippen LogP) is 0.868. The van der Waals surface area contributed by atoms with Crippen LogP contribution in [-0.4, -0.2) is 18.5 Å². The molecular weight excluding hydrogens is 255 g/mol. The van der Waals surface area contributed by atoms with Crippen LogP contribution in [0.2, 0.25) is 0 Å². The highest BCUT2D eigenvalue weighted by Gasteiger charge is 2.09. The number of nitrogens with one attached hydrogen (secondary N) is 1. The number of halogens is 1. The quantitative estimate of drug-likeness (QED) is 0.730. The molecule has 0 fully saturated rings. The summed E-state index contributed by atoms with van der Waals surface area (Å²) in [5.74, 6) is -0.254. The first-order valence-corrected chi connectivity index (χ1v) is 3.75. The monoisotopic (exact) mass is 272 g/mol. The van der Waals surface area contributed by atoms with Crippen LogP contribution in [0.4, 0.5) is 0 Å². The van der Waals surface area contributed by atoms with Crippen LogP contribution in [0.1, 0.15) is 26.7 Å². The smallest absolute Gasteiger partial charge is 0.234 e. The van der Waals surface area contributed by atoms with E-state index in [9.17, 15) is 4.79 Å². The van der Waals surface area contributed by atoms with Gasteiger partial charge in [-0.05, 0) is 19.4 Å². The number of hydrogen-bond acceptors (Lipinski definition) is 2. The minimum absolute atomic E-state index is 0. The number of carbonyl (C=O) groups excluding carboxylic acids is 1. The lowest BCUT2D eigenvalue weighted by Gasteiger charge is -2.11. The lowest BCUT2D eigenvalue weighted by atomic mass is 10.2. The fourth-order valence-electron chi connectivity index (χ4n) is 0.765. The van der Waals surface area contributed by atoms with Crippen molar-refractivity contribution < 1.29 is 4.79 Å². The van der Waals surface area contributed by atoms with Crippen molar-refractivity contribution in [3.05, 3.63) is 0 Å². The molecule has 1 atom stereocenters. The molecule has 0 heterocycles. The molecule has 0 bridgehead atoms. The lowest BCUT2D eigenvalue weighted by molar-refractivity contribution is -0.120. The first kappa shape index (κ1) is 13.7. The number of amides is 1. The maximum absolute atomic E-state index is 10.6. The molecule has 0 saturated heterocycles. The van der Waals surface area contributed by atoms with E-state index in [4.69, 9.17) is 5.73 Å². The average Bonchev–Trinajstić information content (AvgIpc) is 1.89. The Kier molecular flexibility index (Phi) is 10.3. The van der Waals surface area contributed by atoms with Gasteiger partial charge >= 0.3 is 0 Å². The summed E-state index contributed by atoms with van der Waals surface area (Å²) in [6, 6.07) is -0.139. The summed E-state index contributed by atoms with van der Waals surface area (Å²) in [7, 11) is 0. The zero-order valence-corrected chi connectivity index (χ0v) is 9.42. The van der Waals surface area contributed by atoms with E-state index in [0.717, 1.165) is 19.4 Å². The molecule has 0 aliphatic heterocycles. The van der Waals surface area contributed by atoms with Crippen LogP contribution in [0.3, 0.4) is 0 Å². The second-order valence-electron chi connectivity index (χ2n) is 2.32. The van der Waals surface area contributed by atoms with Gasteiger partial charge in [-0.3, -0.25) is 4.79 Å². The zero-order chi connectivity index (χ0) is 7.98. The molecule has 11 heavy (non-hydrogen) atoms. The molecule has 0 aromatic carbocycles. The number of hydrogen-bond donors (Lipinski definition) is 2. The van der Waals surface area contributed by atoms with Crippen LogP contribution in [0.15, 0.2) is 0 Å². The molecule has 0 spiro atoms. The fraction of sp³-hybridized carbons (Fsp3) is 0.857. The van der Waals surface area contributed by atoms with Crippen molar-refractivity contribution in [3.63, 3.8) is 0 Å². The van der Waals surface area contributed by atoms with Crippen LogP contribution < -0.4 is 11.1 Å². The third-order valence-electron chi connectivity index (χ3n) is 1.39. The highest BCUT2D eigenvalue weighted by Crippen LogP contribution is 1.88. The van der Waals surface area contributed by atoms with Crippen LogP contribution >= 0.6 is 24.0 Å². The Bertz CT molecular complexity index is 109. The molecule has 68 valence electrons. The summed E-state index contributed by atoms with van der Waals surface area (Å²) < 4.78 is 0. The van der Waals surface area contributed by atoms with Gasteiger partial charge in [0.05, 0.1) is 6.04 Å². The van der Waals surface area contributed by atoms with Crippen molar-refractivity contribution in [2.24, 2.45) is 5.73 Å². The van der Waals surface area contributed by atoms with Crippen molar-refractivity contribution in [2.75, 3.05) is 6.54 Å². The van der Waals surface area contributed by atoms with Crippen molar-refractivity contribution in [1.29, 1.82) is 0 Å². The van der Waals surface area contributed by atoms with E-state index in [2.05, 4.69) is 12.2 Å². The van der Waals surface area contributed by atoms with Crippen molar-refractivity contribution in [1.82, 2.24) is 5.32 Å². The predicted molar refractivity (Wildman–Crippen MR) is 57.0 cm³/mol. The van der Waals surface area contributed by atoms with Gasteiger partial charge in [0, 0.05) is 0 Å². The largest absolute Gasteiger partial charge is 0.368 e. The average molecular weight is 272 g/mol. The molecule has 1 unspecified atom stereocenters. The number of carbonyl (C=O) groups is 1. The van der Waals surface area contributed by atoms with E-state index >= 15 is 0 Å². The molecule has 0 aromatic rings. The van der Waals surface area contributed by atoms with E-state index in [-0.39, 0.29) is 35.9 Å². The van der Waals surface area contributed by atoms with Gasteiger partial charge in [-0.2, -0.15) is 0 Å². The van der Waals surface area contributed by atoms with Crippen LogP contribution in [0.25, 0.3) is 0 Å². The van der Waals surface area contributed by atoms with E-state index in [1.165, 1.54) is 0 Å². The standard InChI is InChI=1S/C7H16N2O.HI/c1-3-5-9-6(4-2)7(8)10;/h6,9H,3-5H2,1-2H3,(H2,8,10);1H. The highest BCUT2D eigenvalue weighted by molar-refractivity contribution is 14.0. The van der Waals surface area contributed by atoms with Gasteiger partial charge < -0.3 is 11.1 Å². The summed E-state index contributed by atoms with van der Waals surface area (Å²) >= 11 is 0. The van der Waals surface area contributed by atoms with Gasteiger partial charge in [-0.15, -0.1) is 24.0 Å². The third kappa shape index (κ3) is 6.55. The van der Waals surface area contributed by atoms with Gasteiger partial charge in [0.2, 0.25) is 5.91 Å². The first-order chi connectivity index (χ1) is 4.72. The summed E-state index contributed by atoms with van der Waals surface area (Å²) in [6.07, 6.45) is 1.80. The van der Waals surface area contributed by atoms with Crippen molar-refractivity contribution >= 4 is 29.9 Å². The Morgan fingerprint density at radius 1 is 1.55 bits per heavy atom. The second kappa shape index (κ2) is 8.26. The minimum atomic E-state index is -0.254. The Labute approximate surface area is 85.1 Å². The van der Waals surface area contributed by atoms with E-state index in [1.807, 2.05) is 6.92 Å². The fourth-order valence-corrected chi connectivity index (χ4v) is 0.765.